The van der Waals surface area contributed by atoms with Crippen LogP contribution >= 0.6 is 34.5 Å². The number of anilines is 1. The van der Waals surface area contributed by atoms with Gasteiger partial charge in [-0.15, -0.1) is 11.3 Å². The van der Waals surface area contributed by atoms with E-state index in [0.717, 1.165) is 35.6 Å². The Morgan fingerprint density at radius 1 is 1.20 bits per heavy atom. The Morgan fingerprint density at radius 2 is 2.00 bits per heavy atom. The van der Waals surface area contributed by atoms with Crippen molar-refractivity contribution in [2.45, 2.75) is 19.4 Å². The van der Waals surface area contributed by atoms with Crippen molar-refractivity contribution in [2.75, 3.05) is 31.6 Å². The number of aryl methyl sites for hydroxylation is 1. The fourth-order valence-electron chi connectivity index (χ4n) is 3.63. The van der Waals surface area contributed by atoms with Gasteiger partial charge >= 0.3 is 0 Å². The topological polar surface area (TPSA) is 54.7 Å². The zero-order valence-corrected chi connectivity index (χ0v) is 18.8. The van der Waals surface area contributed by atoms with E-state index in [1.54, 1.807) is 29.5 Å². The van der Waals surface area contributed by atoms with E-state index in [0.29, 0.717) is 23.3 Å². The summed E-state index contributed by atoms with van der Waals surface area (Å²) in [5.74, 6) is 0.00790. The van der Waals surface area contributed by atoms with Gasteiger partial charge in [0.25, 0.3) is 5.91 Å². The van der Waals surface area contributed by atoms with Crippen molar-refractivity contribution in [3.8, 4) is 0 Å². The molecule has 0 spiro atoms. The summed E-state index contributed by atoms with van der Waals surface area (Å²) >= 11 is 14.4. The van der Waals surface area contributed by atoms with Crippen molar-refractivity contribution >= 4 is 45.4 Å². The fourth-order valence-corrected chi connectivity index (χ4v) is 5.16. The van der Waals surface area contributed by atoms with Crippen LogP contribution in [0, 0.1) is 0 Å². The zero-order chi connectivity index (χ0) is 21.1. The van der Waals surface area contributed by atoms with Crippen LogP contribution in [0.1, 0.15) is 39.5 Å². The minimum absolute atomic E-state index is 0.123. The van der Waals surface area contributed by atoms with Gasteiger partial charge in [0.1, 0.15) is 5.00 Å². The third kappa shape index (κ3) is 4.58. The second kappa shape index (κ2) is 9.54. The Balaban J connectivity index is 1.77. The number of thiophene rings is 1. The predicted octanol–water partition coefficient (Wildman–Crippen LogP) is 5.88. The molecule has 0 radical (unpaired) electrons. The van der Waals surface area contributed by atoms with Crippen LogP contribution in [0.25, 0.3) is 0 Å². The Morgan fingerprint density at radius 3 is 2.67 bits per heavy atom. The second-order valence-electron chi connectivity index (χ2n) is 7.00. The molecule has 4 rings (SSSR count). The first-order chi connectivity index (χ1) is 14.6. The molecule has 1 amide bonds. The molecule has 0 bridgehead atoms. The lowest BCUT2D eigenvalue weighted by Gasteiger charge is -2.35. The van der Waals surface area contributed by atoms with Crippen LogP contribution < -0.4 is 5.32 Å². The summed E-state index contributed by atoms with van der Waals surface area (Å²) in [4.78, 5) is 16.2. The summed E-state index contributed by atoms with van der Waals surface area (Å²) in [6, 6.07) is 11.0. The number of hydrogen-bond donors (Lipinski definition) is 1. The van der Waals surface area contributed by atoms with Crippen LogP contribution in [-0.2, 0) is 11.2 Å². The molecule has 5 nitrogen and oxygen atoms in total. The van der Waals surface area contributed by atoms with E-state index in [1.165, 1.54) is 11.1 Å². The van der Waals surface area contributed by atoms with Gasteiger partial charge in [-0.2, -0.15) is 0 Å². The van der Waals surface area contributed by atoms with E-state index in [4.69, 9.17) is 32.4 Å². The average molecular weight is 465 g/mol. The lowest BCUT2D eigenvalue weighted by atomic mass is 9.97. The van der Waals surface area contributed by atoms with Crippen molar-refractivity contribution < 1.29 is 13.9 Å². The summed E-state index contributed by atoms with van der Waals surface area (Å²) in [5, 5.41) is 5.04. The molecule has 1 aliphatic rings. The SMILES string of the molecule is CCc1cc(C(c2ccc(Cl)cc2Cl)N2CCOCC2)c(NC(=O)c2ccco2)s1. The number of nitrogens with one attached hydrogen (secondary N) is 1. The highest BCUT2D eigenvalue weighted by atomic mass is 35.5. The number of nitrogens with zero attached hydrogens (tertiary/aromatic N) is 1. The lowest BCUT2D eigenvalue weighted by Crippen LogP contribution is -2.39. The number of amides is 1. The normalized spacial score (nSPS) is 15.8. The Labute approximate surface area is 189 Å². The number of morpholine rings is 1. The van der Waals surface area contributed by atoms with Crippen LogP contribution in [0.3, 0.4) is 0 Å². The van der Waals surface area contributed by atoms with Crippen molar-refractivity contribution in [2.24, 2.45) is 0 Å². The summed E-state index contributed by atoms with van der Waals surface area (Å²) in [5.41, 5.74) is 1.97. The van der Waals surface area contributed by atoms with E-state index >= 15 is 0 Å². The number of carbonyl (C=O) groups excluding carboxylic acids is 1. The highest BCUT2D eigenvalue weighted by molar-refractivity contribution is 7.16. The number of furan rings is 1. The number of halogens is 2. The molecule has 2 aromatic heterocycles. The maximum absolute atomic E-state index is 12.7. The molecule has 3 heterocycles. The number of carbonyl (C=O) groups is 1. The molecule has 30 heavy (non-hydrogen) atoms. The van der Waals surface area contributed by atoms with Gasteiger partial charge in [-0.3, -0.25) is 9.69 Å². The minimum Gasteiger partial charge on any atom is -0.459 e. The lowest BCUT2D eigenvalue weighted by molar-refractivity contribution is 0.0241. The largest absolute Gasteiger partial charge is 0.459 e. The monoisotopic (exact) mass is 464 g/mol. The van der Waals surface area contributed by atoms with Crippen LogP contribution in [0.2, 0.25) is 10.0 Å². The minimum atomic E-state index is -0.270. The molecular formula is C22H22Cl2N2O3S. The molecule has 0 aliphatic carbocycles. The van der Waals surface area contributed by atoms with Crippen molar-refractivity contribution in [3.05, 3.63) is 74.5 Å². The van der Waals surface area contributed by atoms with Gasteiger partial charge in [-0.05, 0) is 42.3 Å². The molecule has 8 heteroatoms. The highest BCUT2D eigenvalue weighted by Gasteiger charge is 2.30. The van der Waals surface area contributed by atoms with Crippen LogP contribution in [0.4, 0.5) is 5.00 Å². The molecule has 1 atom stereocenters. The predicted molar refractivity (Wildman–Crippen MR) is 121 cm³/mol. The number of hydrogen-bond acceptors (Lipinski definition) is 5. The van der Waals surface area contributed by atoms with Crippen molar-refractivity contribution in [3.63, 3.8) is 0 Å². The second-order valence-corrected chi connectivity index (χ2v) is 8.98. The van der Waals surface area contributed by atoms with E-state index in [9.17, 15) is 4.79 Å². The van der Waals surface area contributed by atoms with Gasteiger partial charge in [-0.25, -0.2) is 0 Å². The molecular weight excluding hydrogens is 443 g/mol. The molecule has 158 valence electrons. The Kier molecular flexibility index (Phi) is 6.80. The maximum atomic E-state index is 12.7. The fraction of sp³-hybridized carbons (Fsp3) is 0.318. The van der Waals surface area contributed by atoms with Gasteiger partial charge in [-0.1, -0.05) is 36.2 Å². The Bertz CT molecular complexity index is 1010. The van der Waals surface area contributed by atoms with Crippen LogP contribution in [0.15, 0.2) is 47.1 Å². The van der Waals surface area contributed by atoms with Gasteiger partial charge in [0.05, 0.1) is 25.5 Å². The van der Waals surface area contributed by atoms with Gasteiger partial charge < -0.3 is 14.5 Å². The Hall–Kier alpha value is -1.83. The number of benzene rings is 1. The van der Waals surface area contributed by atoms with Gasteiger partial charge in [0.15, 0.2) is 5.76 Å². The van der Waals surface area contributed by atoms with Crippen LogP contribution in [-0.4, -0.2) is 37.1 Å². The standard InChI is InChI=1S/C22H22Cl2N2O3S/c1-2-15-13-17(22(30-15)25-21(27)19-4-3-9-29-19)20(26-7-10-28-11-8-26)16-6-5-14(23)12-18(16)24/h3-6,9,12-13,20H,2,7-8,10-11H2,1H3,(H,25,27). The first kappa shape index (κ1) is 21.4. The molecule has 1 aliphatic heterocycles. The van der Waals surface area contributed by atoms with Gasteiger partial charge in [0, 0.05) is 33.6 Å². The first-order valence-corrected chi connectivity index (χ1v) is 11.4. The zero-order valence-electron chi connectivity index (χ0n) is 16.5. The third-order valence-corrected chi connectivity index (χ3v) is 6.87. The molecule has 3 aromatic rings. The van der Waals surface area contributed by atoms with Crippen LogP contribution in [0.5, 0.6) is 0 Å². The summed E-state index contributed by atoms with van der Waals surface area (Å²) < 4.78 is 10.8. The molecule has 1 saturated heterocycles. The molecule has 1 unspecified atom stereocenters. The summed E-state index contributed by atoms with van der Waals surface area (Å²) in [6.07, 6.45) is 2.37. The smallest absolute Gasteiger partial charge is 0.291 e. The summed E-state index contributed by atoms with van der Waals surface area (Å²) in [6.45, 7) is 4.95. The first-order valence-electron chi connectivity index (χ1n) is 9.81. The number of ether oxygens (including phenoxy) is 1. The van der Waals surface area contributed by atoms with E-state index in [2.05, 4.69) is 23.2 Å². The molecule has 1 N–H and O–H groups in total. The van der Waals surface area contributed by atoms with Gasteiger partial charge in [0.2, 0.25) is 0 Å². The third-order valence-electron chi connectivity index (χ3n) is 5.09. The quantitative estimate of drug-likeness (QED) is 0.494. The average Bonchev–Trinajstić information content (AvgIpc) is 3.41. The summed E-state index contributed by atoms with van der Waals surface area (Å²) in [7, 11) is 0. The molecule has 0 saturated carbocycles. The maximum Gasteiger partial charge on any atom is 0.291 e. The highest BCUT2D eigenvalue weighted by Crippen LogP contribution is 2.42. The van der Waals surface area contributed by atoms with Crippen molar-refractivity contribution in [1.82, 2.24) is 4.90 Å². The molecule has 1 aromatic carbocycles. The van der Waals surface area contributed by atoms with E-state index < -0.39 is 0 Å². The molecule has 1 fully saturated rings. The van der Waals surface area contributed by atoms with E-state index in [-0.39, 0.29) is 17.7 Å². The number of rotatable bonds is 6. The van der Waals surface area contributed by atoms with E-state index in [1.807, 2.05) is 12.1 Å². The van der Waals surface area contributed by atoms with Crippen molar-refractivity contribution in [1.29, 1.82) is 0 Å².